The first-order chi connectivity index (χ1) is 7.17. The number of rotatable bonds is 3. The fraction of sp³-hybridized carbons (Fsp3) is 0.333. The second-order valence-electron chi connectivity index (χ2n) is 3.37. The molecule has 0 bridgehead atoms. The third-order valence-electron chi connectivity index (χ3n) is 2.22. The average Bonchev–Trinajstić information content (AvgIpc) is 2.29. The first kappa shape index (κ1) is 11.3. The summed E-state index contributed by atoms with van der Waals surface area (Å²) in [5, 5.41) is 8.58. The van der Waals surface area contributed by atoms with Crippen molar-refractivity contribution in [1.29, 1.82) is 5.26 Å². The van der Waals surface area contributed by atoms with Gasteiger partial charge in [0.15, 0.2) is 0 Å². The topological polar surface area (TPSA) is 50.1 Å². The molecule has 0 aliphatic rings. The minimum atomic E-state index is -0.234. The molecule has 0 aliphatic heterocycles. The molecular weight excluding hydrogens is 190 g/mol. The molecule has 1 rings (SSSR count). The number of carbonyl (C=O) groups is 1. The Hall–Kier alpha value is -1.82. The van der Waals surface area contributed by atoms with Crippen molar-refractivity contribution in [3.8, 4) is 11.8 Å². The molecule has 1 aromatic rings. The smallest absolute Gasteiger partial charge is 0.314 e. The first-order valence-corrected chi connectivity index (χ1v) is 4.89. The lowest BCUT2D eigenvalue weighted by Gasteiger charge is -2.08. The number of nitriles is 1. The molecule has 0 spiro atoms. The summed E-state index contributed by atoms with van der Waals surface area (Å²) in [5.74, 6) is 0.155. The normalized spacial score (nSPS) is 11.5. The molecular formula is C12H13NO2. The average molecular weight is 203 g/mol. The highest BCUT2D eigenvalue weighted by Gasteiger charge is 2.12. The van der Waals surface area contributed by atoms with Crippen LogP contribution in [0.2, 0.25) is 0 Å². The van der Waals surface area contributed by atoms with E-state index in [2.05, 4.69) is 0 Å². The fourth-order valence-electron chi connectivity index (χ4n) is 0.981. The Morgan fingerprint density at radius 2 is 2.07 bits per heavy atom. The minimum Gasteiger partial charge on any atom is -0.426 e. The standard InChI is InChI=1S/C12H13NO2/c1-3-9(2)12(14)15-11-6-4-10(8-13)5-7-11/h4-7,9H,3H2,1-2H3. The zero-order valence-corrected chi connectivity index (χ0v) is 8.86. The summed E-state index contributed by atoms with van der Waals surface area (Å²) in [6.07, 6.45) is 0.759. The predicted molar refractivity (Wildman–Crippen MR) is 56.2 cm³/mol. The molecule has 0 fully saturated rings. The molecule has 1 unspecified atom stereocenters. The van der Waals surface area contributed by atoms with Crippen molar-refractivity contribution in [3.63, 3.8) is 0 Å². The highest BCUT2D eigenvalue weighted by molar-refractivity contribution is 5.74. The van der Waals surface area contributed by atoms with Gasteiger partial charge in [-0.3, -0.25) is 4.79 Å². The molecule has 0 N–H and O–H groups in total. The highest BCUT2D eigenvalue weighted by Crippen LogP contribution is 2.14. The molecule has 0 aromatic heterocycles. The van der Waals surface area contributed by atoms with Crippen LogP contribution in [0, 0.1) is 17.2 Å². The van der Waals surface area contributed by atoms with Gasteiger partial charge in [-0.25, -0.2) is 0 Å². The van der Waals surface area contributed by atoms with Gasteiger partial charge in [-0.05, 0) is 30.7 Å². The van der Waals surface area contributed by atoms with Crippen LogP contribution in [0.15, 0.2) is 24.3 Å². The summed E-state index contributed by atoms with van der Waals surface area (Å²) in [5.41, 5.74) is 0.554. The van der Waals surface area contributed by atoms with Crippen LogP contribution in [0.1, 0.15) is 25.8 Å². The van der Waals surface area contributed by atoms with Crippen molar-refractivity contribution >= 4 is 5.97 Å². The van der Waals surface area contributed by atoms with Crippen LogP contribution in [0.25, 0.3) is 0 Å². The maximum absolute atomic E-state index is 11.4. The SMILES string of the molecule is CCC(C)C(=O)Oc1ccc(C#N)cc1. The van der Waals surface area contributed by atoms with E-state index in [0.29, 0.717) is 11.3 Å². The maximum Gasteiger partial charge on any atom is 0.314 e. The molecule has 0 amide bonds. The minimum absolute atomic E-state index is 0.0966. The summed E-state index contributed by atoms with van der Waals surface area (Å²) in [4.78, 5) is 11.4. The van der Waals surface area contributed by atoms with Crippen LogP contribution in [0.5, 0.6) is 5.75 Å². The van der Waals surface area contributed by atoms with Gasteiger partial charge in [0.2, 0.25) is 0 Å². The Balaban J connectivity index is 2.66. The van der Waals surface area contributed by atoms with Crippen molar-refractivity contribution in [1.82, 2.24) is 0 Å². The molecule has 0 saturated heterocycles. The lowest BCUT2D eigenvalue weighted by Crippen LogP contribution is -2.16. The van der Waals surface area contributed by atoms with Crippen molar-refractivity contribution in [2.24, 2.45) is 5.92 Å². The van der Waals surface area contributed by atoms with Crippen LogP contribution in [0.3, 0.4) is 0 Å². The Morgan fingerprint density at radius 1 is 1.47 bits per heavy atom. The number of hydrogen-bond donors (Lipinski definition) is 0. The van der Waals surface area contributed by atoms with Gasteiger partial charge >= 0.3 is 5.97 Å². The second-order valence-corrected chi connectivity index (χ2v) is 3.37. The Kier molecular flexibility index (Phi) is 3.87. The number of esters is 1. The van der Waals surface area contributed by atoms with E-state index in [1.165, 1.54) is 0 Å². The monoisotopic (exact) mass is 203 g/mol. The summed E-state index contributed by atoms with van der Waals surface area (Å²) >= 11 is 0. The summed E-state index contributed by atoms with van der Waals surface area (Å²) < 4.78 is 5.12. The third-order valence-corrected chi connectivity index (χ3v) is 2.22. The van der Waals surface area contributed by atoms with E-state index in [9.17, 15) is 4.79 Å². The van der Waals surface area contributed by atoms with Crippen molar-refractivity contribution in [2.45, 2.75) is 20.3 Å². The third kappa shape index (κ3) is 3.10. The molecule has 0 radical (unpaired) electrons. The molecule has 0 aliphatic carbocycles. The Morgan fingerprint density at radius 3 is 2.53 bits per heavy atom. The van der Waals surface area contributed by atoms with E-state index in [1.807, 2.05) is 19.9 Å². The molecule has 0 saturated carbocycles. The molecule has 3 nitrogen and oxygen atoms in total. The molecule has 78 valence electrons. The summed E-state index contributed by atoms with van der Waals surface area (Å²) in [6, 6.07) is 8.50. The van der Waals surface area contributed by atoms with E-state index in [1.54, 1.807) is 24.3 Å². The lowest BCUT2D eigenvalue weighted by molar-refractivity contribution is -0.138. The molecule has 1 aromatic carbocycles. The maximum atomic E-state index is 11.4. The number of carbonyl (C=O) groups excluding carboxylic acids is 1. The van der Waals surface area contributed by atoms with Gasteiger partial charge in [0.05, 0.1) is 17.6 Å². The zero-order valence-electron chi connectivity index (χ0n) is 8.86. The van der Waals surface area contributed by atoms with Gasteiger partial charge in [0, 0.05) is 0 Å². The van der Waals surface area contributed by atoms with Crippen LogP contribution in [-0.2, 0) is 4.79 Å². The summed E-state index contributed by atoms with van der Waals surface area (Å²) in [7, 11) is 0. The second kappa shape index (κ2) is 5.16. The van der Waals surface area contributed by atoms with Gasteiger partial charge in [0.25, 0.3) is 0 Å². The number of benzene rings is 1. The number of nitrogens with zero attached hydrogens (tertiary/aromatic N) is 1. The van der Waals surface area contributed by atoms with Crippen LogP contribution in [-0.4, -0.2) is 5.97 Å². The van der Waals surface area contributed by atoms with Gasteiger partial charge in [-0.1, -0.05) is 13.8 Å². The van der Waals surface area contributed by atoms with Crippen molar-refractivity contribution in [3.05, 3.63) is 29.8 Å². The molecule has 15 heavy (non-hydrogen) atoms. The largest absolute Gasteiger partial charge is 0.426 e. The number of ether oxygens (including phenoxy) is 1. The highest BCUT2D eigenvalue weighted by atomic mass is 16.5. The Labute approximate surface area is 89.3 Å². The zero-order chi connectivity index (χ0) is 11.3. The van der Waals surface area contributed by atoms with Crippen molar-refractivity contribution in [2.75, 3.05) is 0 Å². The summed E-state index contributed by atoms with van der Waals surface area (Å²) in [6.45, 7) is 3.76. The molecule has 3 heteroatoms. The van der Waals surface area contributed by atoms with E-state index in [0.717, 1.165) is 6.42 Å². The fourth-order valence-corrected chi connectivity index (χ4v) is 0.981. The Bertz CT molecular complexity index is 376. The van der Waals surface area contributed by atoms with E-state index in [-0.39, 0.29) is 11.9 Å². The van der Waals surface area contributed by atoms with Gasteiger partial charge in [-0.15, -0.1) is 0 Å². The van der Waals surface area contributed by atoms with Gasteiger partial charge < -0.3 is 4.74 Å². The lowest BCUT2D eigenvalue weighted by atomic mass is 10.1. The van der Waals surface area contributed by atoms with E-state index >= 15 is 0 Å². The van der Waals surface area contributed by atoms with Crippen LogP contribution in [0.4, 0.5) is 0 Å². The van der Waals surface area contributed by atoms with E-state index in [4.69, 9.17) is 10.00 Å². The van der Waals surface area contributed by atoms with Gasteiger partial charge in [-0.2, -0.15) is 5.26 Å². The predicted octanol–water partition coefficient (Wildman–Crippen LogP) is 2.51. The quantitative estimate of drug-likeness (QED) is 0.560. The van der Waals surface area contributed by atoms with Crippen LogP contribution < -0.4 is 4.74 Å². The van der Waals surface area contributed by atoms with Gasteiger partial charge in [0.1, 0.15) is 5.75 Å². The molecule has 0 heterocycles. The molecule has 1 atom stereocenters. The van der Waals surface area contributed by atoms with E-state index < -0.39 is 0 Å². The van der Waals surface area contributed by atoms with Crippen molar-refractivity contribution < 1.29 is 9.53 Å². The van der Waals surface area contributed by atoms with Crippen LogP contribution >= 0.6 is 0 Å². The first-order valence-electron chi connectivity index (χ1n) is 4.89. The number of hydrogen-bond acceptors (Lipinski definition) is 3.